The third-order valence-corrected chi connectivity index (χ3v) is 2.65. The summed E-state index contributed by atoms with van der Waals surface area (Å²) in [5, 5.41) is 24.0. The third-order valence-electron chi connectivity index (χ3n) is 2.65. The zero-order chi connectivity index (χ0) is 14.1. The van der Waals surface area contributed by atoms with Gasteiger partial charge in [-0.05, 0) is 12.0 Å². The number of amides is 1. The minimum atomic E-state index is -1.16. The van der Waals surface area contributed by atoms with Crippen LogP contribution < -0.4 is 10.6 Å². The topological polar surface area (TPSA) is 81.6 Å². The predicted octanol–water partition coefficient (Wildman–Crippen LogP) is 0.449. The molecule has 0 aliphatic rings. The first-order chi connectivity index (χ1) is 9.13. The maximum Gasteiger partial charge on any atom is 0.404 e. The molecule has 0 fully saturated rings. The van der Waals surface area contributed by atoms with Crippen LogP contribution in [0.25, 0.3) is 0 Å². The number of hydrogen-bond donors (Lipinski definition) is 4. The first-order valence-corrected chi connectivity index (χ1v) is 5.99. The van der Waals surface area contributed by atoms with Gasteiger partial charge >= 0.3 is 6.09 Å². The van der Waals surface area contributed by atoms with Gasteiger partial charge in [0, 0.05) is 6.54 Å². The van der Waals surface area contributed by atoms with E-state index in [-0.39, 0.29) is 6.54 Å². The van der Waals surface area contributed by atoms with Crippen molar-refractivity contribution in [3.05, 3.63) is 35.9 Å². The molecule has 102 valence electrons. The van der Waals surface area contributed by atoms with Crippen LogP contribution >= 0.6 is 0 Å². The molecule has 5 nitrogen and oxygen atoms in total. The lowest BCUT2D eigenvalue weighted by atomic mass is 10.0. The lowest BCUT2D eigenvalue weighted by Crippen LogP contribution is -2.48. The number of aliphatic hydroxyl groups is 1. The molecule has 1 aromatic rings. The fourth-order valence-electron chi connectivity index (χ4n) is 1.74. The summed E-state index contributed by atoms with van der Waals surface area (Å²) in [7, 11) is 0. The number of terminal acetylenes is 1. The van der Waals surface area contributed by atoms with E-state index in [1.807, 2.05) is 30.3 Å². The highest BCUT2D eigenvalue weighted by Gasteiger charge is 2.21. The first kappa shape index (κ1) is 15.0. The van der Waals surface area contributed by atoms with Crippen LogP contribution in [0.3, 0.4) is 0 Å². The average molecular weight is 262 g/mol. The van der Waals surface area contributed by atoms with Crippen LogP contribution in [0.5, 0.6) is 0 Å². The molecule has 0 bridgehead atoms. The third kappa shape index (κ3) is 5.91. The summed E-state index contributed by atoms with van der Waals surface area (Å²) in [5.74, 6) is 2.39. The maximum absolute atomic E-state index is 10.8. The second kappa shape index (κ2) is 8.14. The Morgan fingerprint density at radius 1 is 1.37 bits per heavy atom. The summed E-state index contributed by atoms with van der Waals surface area (Å²) >= 11 is 0. The molecule has 0 unspecified atom stereocenters. The number of carboxylic acid groups (broad SMARTS) is 1. The highest BCUT2D eigenvalue weighted by molar-refractivity contribution is 5.65. The Kier molecular flexibility index (Phi) is 6.44. The van der Waals surface area contributed by atoms with Crippen LogP contribution in [-0.4, -0.2) is 41.5 Å². The van der Waals surface area contributed by atoms with E-state index in [1.165, 1.54) is 0 Å². The van der Waals surface area contributed by atoms with Crippen LogP contribution in [-0.2, 0) is 6.42 Å². The normalized spacial score (nSPS) is 13.3. The number of aliphatic hydroxyl groups excluding tert-OH is 1. The van der Waals surface area contributed by atoms with Gasteiger partial charge in [-0.15, -0.1) is 6.42 Å². The molecule has 0 heterocycles. The van der Waals surface area contributed by atoms with E-state index in [0.717, 1.165) is 5.56 Å². The lowest BCUT2D eigenvalue weighted by Gasteiger charge is -2.23. The Morgan fingerprint density at radius 3 is 2.63 bits per heavy atom. The van der Waals surface area contributed by atoms with Crippen LogP contribution in [0.1, 0.15) is 5.56 Å². The summed E-state index contributed by atoms with van der Waals surface area (Å²) in [6.07, 6.45) is 3.52. The monoisotopic (exact) mass is 262 g/mol. The Balaban J connectivity index is 2.61. The molecule has 1 amide bonds. The van der Waals surface area contributed by atoms with E-state index in [0.29, 0.717) is 13.0 Å². The van der Waals surface area contributed by atoms with Gasteiger partial charge in [-0.1, -0.05) is 36.3 Å². The highest BCUT2D eigenvalue weighted by atomic mass is 16.4. The number of benzene rings is 1. The van der Waals surface area contributed by atoms with Crippen LogP contribution in [0.15, 0.2) is 30.3 Å². The van der Waals surface area contributed by atoms with E-state index < -0.39 is 18.2 Å². The molecule has 0 aliphatic carbocycles. The second-order valence-electron chi connectivity index (χ2n) is 4.15. The van der Waals surface area contributed by atoms with Crippen molar-refractivity contribution in [3.63, 3.8) is 0 Å². The molecule has 0 aliphatic heterocycles. The van der Waals surface area contributed by atoms with Crippen LogP contribution in [0.2, 0.25) is 0 Å². The fourth-order valence-corrected chi connectivity index (χ4v) is 1.74. The second-order valence-corrected chi connectivity index (χ2v) is 4.15. The zero-order valence-corrected chi connectivity index (χ0v) is 10.5. The van der Waals surface area contributed by atoms with E-state index >= 15 is 0 Å². The minimum Gasteiger partial charge on any atom is -0.465 e. The van der Waals surface area contributed by atoms with Crippen molar-refractivity contribution in [3.8, 4) is 12.3 Å². The van der Waals surface area contributed by atoms with Crippen molar-refractivity contribution in [2.24, 2.45) is 0 Å². The van der Waals surface area contributed by atoms with Gasteiger partial charge in [0.2, 0.25) is 0 Å². The van der Waals surface area contributed by atoms with Gasteiger partial charge in [0.1, 0.15) is 0 Å². The molecular formula is C14H18N2O3. The molecule has 0 radical (unpaired) electrons. The molecule has 0 aromatic heterocycles. The number of hydrogen-bond acceptors (Lipinski definition) is 3. The van der Waals surface area contributed by atoms with Crippen LogP contribution in [0, 0.1) is 12.3 Å². The van der Waals surface area contributed by atoms with Gasteiger partial charge in [0.05, 0.1) is 18.7 Å². The van der Waals surface area contributed by atoms with E-state index in [2.05, 4.69) is 16.6 Å². The standard InChI is InChI=1S/C14H18N2O3/c1-2-8-15-10-13(17)12(16-14(18)19)9-11-6-4-3-5-7-11/h1,3-7,12-13,15-17H,8-10H2,(H,18,19)/t12-,13-/m0/s1. The zero-order valence-electron chi connectivity index (χ0n) is 10.5. The van der Waals surface area contributed by atoms with Gasteiger partial charge in [-0.25, -0.2) is 4.79 Å². The fraction of sp³-hybridized carbons (Fsp3) is 0.357. The van der Waals surface area contributed by atoms with Crippen molar-refractivity contribution in [2.75, 3.05) is 13.1 Å². The van der Waals surface area contributed by atoms with Gasteiger partial charge in [-0.3, -0.25) is 0 Å². The number of rotatable bonds is 7. The quantitative estimate of drug-likeness (QED) is 0.425. The average Bonchev–Trinajstić information content (AvgIpc) is 2.39. The minimum absolute atomic E-state index is 0.238. The molecule has 1 aromatic carbocycles. The van der Waals surface area contributed by atoms with E-state index in [9.17, 15) is 9.90 Å². The lowest BCUT2D eigenvalue weighted by molar-refractivity contribution is 0.119. The molecular weight excluding hydrogens is 244 g/mol. The van der Waals surface area contributed by atoms with Crippen molar-refractivity contribution < 1.29 is 15.0 Å². The number of carbonyl (C=O) groups is 1. The van der Waals surface area contributed by atoms with Gasteiger partial charge in [0.25, 0.3) is 0 Å². The summed E-state index contributed by atoms with van der Waals surface area (Å²) in [6, 6.07) is 8.82. The Hall–Kier alpha value is -2.03. The van der Waals surface area contributed by atoms with E-state index in [4.69, 9.17) is 11.5 Å². The summed E-state index contributed by atoms with van der Waals surface area (Å²) in [5.41, 5.74) is 0.956. The molecule has 0 saturated carbocycles. The van der Waals surface area contributed by atoms with Crippen molar-refractivity contribution >= 4 is 6.09 Å². The molecule has 19 heavy (non-hydrogen) atoms. The van der Waals surface area contributed by atoms with Gasteiger partial charge in [-0.2, -0.15) is 0 Å². The van der Waals surface area contributed by atoms with Crippen molar-refractivity contribution in [1.29, 1.82) is 0 Å². The molecule has 0 saturated heterocycles. The Morgan fingerprint density at radius 2 is 2.05 bits per heavy atom. The van der Waals surface area contributed by atoms with Gasteiger partial charge < -0.3 is 20.8 Å². The first-order valence-electron chi connectivity index (χ1n) is 5.99. The van der Waals surface area contributed by atoms with Gasteiger partial charge in [0.15, 0.2) is 0 Å². The summed E-state index contributed by atoms with van der Waals surface area (Å²) in [6.45, 7) is 0.574. The molecule has 2 atom stereocenters. The number of nitrogens with one attached hydrogen (secondary N) is 2. The van der Waals surface area contributed by atoms with Crippen molar-refractivity contribution in [1.82, 2.24) is 10.6 Å². The summed E-state index contributed by atoms with van der Waals surface area (Å²) in [4.78, 5) is 10.8. The Bertz CT molecular complexity index is 428. The van der Waals surface area contributed by atoms with E-state index in [1.54, 1.807) is 0 Å². The molecule has 5 heteroatoms. The van der Waals surface area contributed by atoms with Crippen LogP contribution in [0.4, 0.5) is 4.79 Å². The molecule has 4 N–H and O–H groups in total. The largest absolute Gasteiger partial charge is 0.465 e. The molecule has 1 rings (SSSR count). The van der Waals surface area contributed by atoms with Crippen molar-refractivity contribution in [2.45, 2.75) is 18.6 Å². The predicted molar refractivity (Wildman–Crippen MR) is 72.8 cm³/mol. The SMILES string of the molecule is C#CCNC[C@H](O)[C@H](Cc1ccccc1)NC(=O)O. The molecule has 0 spiro atoms. The maximum atomic E-state index is 10.8. The smallest absolute Gasteiger partial charge is 0.404 e. The highest BCUT2D eigenvalue weighted by Crippen LogP contribution is 2.06. The summed E-state index contributed by atoms with van der Waals surface area (Å²) < 4.78 is 0. The Labute approximate surface area is 112 Å².